The summed E-state index contributed by atoms with van der Waals surface area (Å²) < 4.78 is 38.0. The molecule has 0 fully saturated rings. The average Bonchev–Trinajstić information content (AvgIpc) is 3.39. The molecule has 0 aliphatic heterocycles. The number of ketones is 2. The molecule has 1 rings (SSSR count). The molecule has 0 saturated heterocycles. The van der Waals surface area contributed by atoms with Crippen LogP contribution in [0.5, 0.6) is 0 Å². The molecule has 1 aromatic rings. The zero-order chi connectivity index (χ0) is 53.0. The lowest BCUT2D eigenvalue weighted by atomic mass is 9.96. The third-order valence-corrected chi connectivity index (χ3v) is 11.1. The van der Waals surface area contributed by atoms with Gasteiger partial charge in [-0.2, -0.15) is 0 Å². The summed E-state index contributed by atoms with van der Waals surface area (Å²) in [6.07, 6.45) is 1.15. The number of hydrogen-bond acceptors (Lipinski definition) is 18. The van der Waals surface area contributed by atoms with Crippen molar-refractivity contribution in [3.63, 3.8) is 0 Å². The van der Waals surface area contributed by atoms with Crippen LogP contribution in [0.4, 0.5) is 4.79 Å². The van der Waals surface area contributed by atoms with Gasteiger partial charge < -0.3 is 59.7 Å². The molecule has 410 valence electrons. The van der Waals surface area contributed by atoms with Gasteiger partial charge in [-0.3, -0.25) is 33.6 Å². The van der Waals surface area contributed by atoms with Crippen molar-refractivity contribution in [3.8, 4) is 0 Å². The van der Waals surface area contributed by atoms with Crippen molar-refractivity contribution < 1.29 is 71.5 Å². The lowest BCUT2D eigenvalue weighted by Crippen LogP contribution is -2.58. The van der Waals surface area contributed by atoms with Crippen molar-refractivity contribution in [2.24, 2.45) is 0 Å². The first-order valence-corrected chi connectivity index (χ1v) is 26.1. The summed E-state index contributed by atoms with van der Waals surface area (Å²) in [5.41, 5.74) is 0.930. The summed E-state index contributed by atoms with van der Waals surface area (Å²) in [7, 11) is 1.58. The quantitative estimate of drug-likeness (QED) is 0.0328. The molecule has 2 amide bonds. The van der Waals surface area contributed by atoms with E-state index in [1.165, 1.54) is 27.7 Å². The number of nitrogens with one attached hydrogen (secondary N) is 5. The molecule has 72 heavy (non-hydrogen) atoms. The highest BCUT2D eigenvalue weighted by Crippen LogP contribution is 2.23. The fraction of sp³-hybridized carbons (Fsp3) is 0.731. The van der Waals surface area contributed by atoms with Gasteiger partial charge in [0.25, 0.3) is 5.91 Å². The van der Waals surface area contributed by atoms with Gasteiger partial charge >= 0.3 is 30.0 Å². The number of ether oxygens (including phenoxy) is 7. The van der Waals surface area contributed by atoms with Crippen molar-refractivity contribution in [1.82, 2.24) is 26.6 Å². The van der Waals surface area contributed by atoms with Crippen LogP contribution in [-0.2, 0) is 73.3 Å². The molecule has 0 bridgehead atoms. The zero-order valence-electron chi connectivity index (χ0n) is 43.8. The summed E-state index contributed by atoms with van der Waals surface area (Å²) in [4.78, 5) is 103. The topological polar surface area (TPSA) is 261 Å². The third-order valence-electron chi connectivity index (χ3n) is 11.1. The van der Waals surface area contributed by atoms with E-state index in [9.17, 15) is 38.4 Å². The Morgan fingerprint density at radius 2 is 0.944 bits per heavy atom. The number of Topliss-reactive ketones (excluding diaryl/α,β-unsaturated/α-hetero) is 2. The molecule has 4 unspecified atom stereocenters. The minimum Gasteiger partial charge on any atom is -0.454 e. The van der Waals surface area contributed by atoms with E-state index in [2.05, 4.69) is 26.6 Å². The van der Waals surface area contributed by atoms with Gasteiger partial charge in [0, 0.05) is 84.9 Å². The second-order valence-electron chi connectivity index (χ2n) is 17.1. The molecule has 0 aromatic heterocycles. The van der Waals surface area contributed by atoms with Crippen LogP contribution in [0.25, 0.3) is 0 Å². The molecular formula is C52H87N5O15. The standard InChI is InChI=1S/C52H87N5O15/c1-6-43(60)69-47(42(59)27-23-29-54-33-35-55-34-32-53-28-22-26-41(58)39-67-37-36-66-5)48(70-44(61)7-2)49(71-45(62)8-3)50(72-46(63)9-4)51(64)56-30-20-15-13-11-10-12-14-16-21-31-57-52(65)68-38-40-24-18-17-19-25-40/h17-19,24-25,47-50,53-55H,6-16,20-23,26-39H2,1-5H3,(H,56,64)(H,57,65). The van der Waals surface area contributed by atoms with E-state index in [0.29, 0.717) is 84.7 Å². The van der Waals surface area contributed by atoms with Crippen LogP contribution in [-0.4, -0.2) is 151 Å². The second kappa shape index (κ2) is 43.6. The molecule has 0 aliphatic rings. The molecule has 20 nitrogen and oxygen atoms in total. The predicted molar refractivity (Wildman–Crippen MR) is 270 cm³/mol. The van der Waals surface area contributed by atoms with E-state index in [0.717, 1.165) is 56.9 Å². The number of amides is 2. The minimum atomic E-state index is -1.86. The Kier molecular flexibility index (Phi) is 39.3. The fourth-order valence-corrected chi connectivity index (χ4v) is 6.94. The molecule has 0 heterocycles. The summed E-state index contributed by atoms with van der Waals surface area (Å²) in [6.45, 7) is 11.7. The molecule has 1 aromatic carbocycles. The number of carbonyl (C=O) groups is 8. The van der Waals surface area contributed by atoms with Crippen molar-refractivity contribution in [2.75, 3.05) is 79.3 Å². The first-order chi connectivity index (χ1) is 34.9. The summed E-state index contributed by atoms with van der Waals surface area (Å²) in [5, 5.41) is 15.4. The average molecular weight is 1020 g/mol. The van der Waals surface area contributed by atoms with Gasteiger partial charge in [0.2, 0.25) is 12.2 Å². The fourth-order valence-electron chi connectivity index (χ4n) is 6.94. The lowest BCUT2D eigenvalue weighted by Gasteiger charge is -2.35. The van der Waals surface area contributed by atoms with Gasteiger partial charge in [-0.25, -0.2) is 4.79 Å². The first kappa shape index (κ1) is 65.0. The van der Waals surface area contributed by atoms with Gasteiger partial charge in [0.05, 0.1) is 13.2 Å². The van der Waals surface area contributed by atoms with Crippen molar-refractivity contribution in [3.05, 3.63) is 35.9 Å². The Hall–Kier alpha value is -5.02. The van der Waals surface area contributed by atoms with Gasteiger partial charge in [-0.1, -0.05) is 103 Å². The highest BCUT2D eigenvalue weighted by atomic mass is 16.6. The Morgan fingerprint density at radius 1 is 0.486 bits per heavy atom. The minimum absolute atomic E-state index is 0.0532. The highest BCUT2D eigenvalue weighted by molar-refractivity contribution is 5.88. The van der Waals surface area contributed by atoms with E-state index in [4.69, 9.17) is 33.2 Å². The van der Waals surface area contributed by atoms with Crippen molar-refractivity contribution >= 4 is 47.4 Å². The summed E-state index contributed by atoms with van der Waals surface area (Å²) >= 11 is 0. The van der Waals surface area contributed by atoms with Gasteiger partial charge in [0.1, 0.15) is 13.2 Å². The summed E-state index contributed by atoms with van der Waals surface area (Å²) in [6, 6.07) is 9.50. The maximum atomic E-state index is 14.0. The second-order valence-corrected chi connectivity index (χ2v) is 17.1. The van der Waals surface area contributed by atoms with Crippen LogP contribution in [0.2, 0.25) is 0 Å². The molecule has 5 N–H and O–H groups in total. The predicted octanol–water partition coefficient (Wildman–Crippen LogP) is 4.96. The Morgan fingerprint density at radius 3 is 1.47 bits per heavy atom. The van der Waals surface area contributed by atoms with Crippen LogP contribution in [0.1, 0.15) is 142 Å². The van der Waals surface area contributed by atoms with Crippen molar-refractivity contribution in [1.29, 1.82) is 0 Å². The molecule has 0 radical (unpaired) electrons. The Bertz CT molecular complexity index is 1670. The number of hydrogen-bond donors (Lipinski definition) is 5. The molecule has 0 aliphatic carbocycles. The maximum absolute atomic E-state index is 14.0. The van der Waals surface area contributed by atoms with Crippen LogP contribution < -0.4 is 26.6 Å². The Balaban J connectivity index is 2.75. The van der Waals surface area contributed by atoms with E-state index < -0.39 is 66.1 Å². The molecule has 20 heteroatoms. The molecule has 0 spiro atoms. The van der Waals surface area contributed by atoms with Crippen LogP contribution >= 0.6 is 0 Å². The SMILES string of the molecule is CCC(=O)OC(C(=O)CCCNCCNCCNCCCC(=O)COCCOC)C(OC(=O)CC)C(OC(=O)CC)C(OC(=O)CC)C(=O)NCCCCCCCCCCCNC(=O)OCc1ccccc1. The number of unbranched alkanes of at least 4 members (excludes halogenated alkanes) is 8. The zero-order valence-corrected chi connectivity index (χ0v) is 43.8. The van der Waals surface area contributed by atoms with E-state index in [1.807, 2.05) is 30.3 Å². The normalized spacial score (nSPS) is 12.7. The number of rotatable bonds is 46. The number of carbonyl (C=O) groups excluding carboxylic acids is 8. The summed E-state index contributed by atoms with van der Waals surface area (Å²) in [5.74, 6) is -4.73. The lowest BCUT2D eigenvalue weighted by molar-refractivity contribution is -0.202. The van der Waals surface area contributed by atoms with E-state index in [1.54, 1.807) is 7.11 Å². The van der Waals surface area contributed by atoms with E-state index in [-0.39, 0.29) is 57.6 Å². The van der Waals surface area contributed by atoms with Gasteiger partial charge in [-0.05, 0) is 44.3 Å². The smallest absolute Gasteiger partial charge is 0.407 e. The van der Waals surface area contributed by atoms with Gasteiger partial charge in [-0.15, -0.1) is 0 Å². The largest absolute Gasteiger partial charge is 0.454 e. The number of esters is 4. The van der Waals surface area contributed by atoms with E-state index >= 15 is 0 Å². The number of alkyl carbamates (subject to hydrolysis) is 1. The number of benzene rings is 1. The Labute approximate surface area is 427 Å². The molecule has 0 saturated carbocycles. The highest BCUT2D eigenvalue weighted by Gasteiger charge is 2.49. The van der Waals surface area contributed by atoms with Crippen LogP contribution in [0, 0.1) is 0 Å². The van der Waals surface area contributed by atoms with Crippen LogP contribution in [0.3, 0.4) is 0 Å². The monoisotopic (exact) mass is 1020 g/mol. The molecule has 4 atom stereocenters. The van der Waals surface area contributed by atoms with Crippen molar-refractivity contribution in [2.45, 2.75) is 168 Å². The van der Waals surface area contributed by atoms with Crippen LogP contribution in [0.15, 0.2) is 30.3 Å². The van der Waals surface area contributed by atoms with Gasteiger partial charge in [0.15, 0.2) is 23.8 Å². The third kappa shape index (κ3) is 32.9. The molecular weight excluding hydrogens is 935 g/mol. The first-order valence-electron chi connectivity index (χ1n) is 26.1. The number of methoxy groups -OCH3 is 1. The maximum Gasteiger partial charge on any atom is 0.407 e.